The van der Waals surface area contributed by atoms with Gasteiger partial charge in [0.05, 0.1) is 6.20 Å². The topological polar surface area (TPSA) is 45.2 Å². The summed E-state index contributed by atoms with van der Waals surface area (Å²) < 4.78 is 0. The summed E-state index contributed by atoms with van der Waals surface area (Å²) in [6, 6.07) is 8.81. The van der Waals surface area contributed by atoms with Crippen LogP contribution < -0.4 is 9.80 Å². The summed E-state index contributed by atoms with van der Waals surface area (Å²) in [4.78, 5) is 9.10. The molecule has 0 N–H and O–H groups in total. The number of benzene rings is 1. The Morgan fingerprint density at radius 3 is 2.76 bits per heavy atom. The molecule has 1 unspecified atom stereocenters. The van der Waals surface area contributed by atoms with Crippen molar-refractivity contribution >= 4 is 17.5 Å². The van der Waals surface area contributed by atoms with Crippen molar-refractivity contribution in [2.45, 2.75) is 33.2 Å². The summed E-state index contributed by atoms with van der Waals surface area (Å²) in [5.41, 5.74) is 2.55. The van der Waals surface area contributed by atoms with Crippen LogP contribution in [0.25, 0.3) is 0 Å². The van der Waals surface area contributed by atoms with E-state index in [2.05, 4.69) is 65.0 Å². The Hall–Kier alpha value is -2.17. The lowest BCUT2D eigenvalue weighted by Gasteiger charge is -2.24. The van der Waals surface area contributed by atoms with Gasteiger partial charge in [-0.1, -0.05) is 18.2 Å². The molecular weight excluding hydrogens is 262 g/mol. The maximum absolute atomic E-state index is 4.72. The van der Waals surface area contributed by atoms with Crippen LogP contribution in [0.3, 0.4) is 0 Å². The van der Waals surface area contributed by atoms with Gasteiger partial charge in [-0.2, -0.15) is 10.1 Å². The summed E-state index contributed by atoms with van der Waals surface area (Å²) in [6.07, 6.45) is 2.76. The van der Waals surface area contributed by atoms with E-state index in [4.69, 9.17) is 4.98 Å². The zero-order valence-electron chi connectivity index (χ0n) is 12.8. The molecule has 1 aromatic heterocycles. The molecule has 1 aliphatic heterocycles. The van der Waals surface area contributed by atoms with Crippen molar-refractivity contribution in [2.75, 3.05) is 22.9 Å². The predicted molar refractivity (Wildman–Crippen MR) is 85.1 cm³/mol. The largest absolute Gasteiger partial charge is 0.356 e. The standard InChI is InChI=1S/C16H21N5/c1-4-20(5-2)15-11-17-19-16(18-15)21-12(3)10-13-8-6-7-9-14(13)21/h6-9,11-12H,4-5,10H2,1-3H3. The van der Waals surface area contributed by atoms with Crippen LogP contribution in [0, 0.1) is 0 Å². The van der Waals surface area contributed by atoms with Crippen molar-refractivity contribution in [1.29, 1.82) is 0 Å². The fourth-order valence-corrected chi connectivity index (χ4v) is 2.96. The van der Waals surface area contributed by atoms with E-state index >= 15 is 0 Å². The van der Waals surface area contributed by atoms with E-state index < -0.39 is 0 Å². The molecule has 0 bridgehead atoms. The van der Waals surface area contributed by atoms with Gasteiger partial charge in [-0.15, -0.1) is 5.10 Å². The maximum Gasteiger partial charge on any atom is 0.252 e. The molecule has 0 saturated carbocycles. The average Bonchev–Trinajstić information content (AvgIpc) is 2.84. The van der Waals surface area contributed by atoms with Gasteiger partial charge in [-0.3, -0.25) is 0 Å². The van der Waals surface area contributed by atoms with E-state index in [1.165, 1.54) is 11.3 Å². The van der Waals surface area contributed by atoms with Crippen LogP contribution in [0.15, 0.2) is 30.5 Å². The van der Waals surface area contributed by atoms with E-state index in [1.807, 2.05) is 0 Å². The molecule has 5 heteroatoms. The van der Waals surface area contributed by atoms with Crippen molar-refractivity contribution in [3.63, 3.8) is 0 Å². The first-order valence-electron chi connectivity index (χ1n) is 7.56. The number of para-hydroxylation sites is 1. The Morgan fingerprint density at radius 2 is 2.00 bits per heavy atom. The first-order valence-corrected chi connectivity index (χ1v) is 7.56. The molecule has 21 heavy (non-hydrogen) atoms. The normalized spacial score (nSPS) is 16.9. The fraction of sp³-hybridized carbons (Fsp3) is 0.438. The van der Waals surface area contributed by atoms with Crippen LogP contribution in [0.4, 0.5) is 17.5 Å². The lowest BCUT2D eigenvalue weighted by atomic mass is 10.1. The first-order chi connectivity index (χ1) is 10.2. The molecule has 0 amide bonds. The van der Waals surface area contributed by atoms with Crippen LogP contribution >= 0.6 is 0 Å². The van der Waals surface area contributed by atoms with Crippen LogP contribution in [-0.4, -0.2) is 34.3 Å². The van der Waals surface area contributed by atoms with Crippen molar-refractivity contribution < 1.29 is 0 Å². The lowest BCUT2D eigenvalue weighted by Crippen LogP contribution is -2.28. The minimum Gasteiger partial charge on any atom is -0.356 e. The zero-order valence-corrected chi connectivity index (χ0v) is 12.8. The van der Waals surface area contributed by atoms with Gasteiger partial charge in [0, 0.05) is 24.8 Å². The number of nitrogens with zero attached hydrogens (tertiary/aromatic N) is 5. The minimum atomic E-state index is 0.358. The SMILES string of the molecule is CCN(CC)c1cnnc(N2c3ccccc3CC2C)n1. The summed E-state index contributed by atoms with van der Waals surface area (Å²) >= 11 is 0. The number of hydrogen-bond acceptors (Lipinski definition) is 5. The number of aromatic nitrogens is 3. The fourth-order valence-electron chi connectivity index (χ4n) is 2.96. The van der Waals surface area contributed by atoms with Crippen molar-refractivity contribution in [3.05, 3.63) is 36.0 Å². The molecule has 0 spiro atoms. The molecule has 0 fully saturated rings. The van der Waals surface area contributed by atoms with Crippen LogP contribution in [0.5, 0.6) is 0 Å². The molecule has 5 nitrogen and oxygen atoms in total. The third kappa shape index (κ3) is 2.44. The van der Waals surface area contributed by atoms with E-state index in [0.29, 0.717) is 12.0 Å². The number of hydrogen-bond donors (Lipinski definition) is 0. The van der Waals surface area contributed by atoms with Crippen LogP contribution in [0.1, 0.15) is 26.3 Å². The Labute approximate surface area is 125 Å². The molecule has 0 aliphatic carbocycles. The van der Waals surface area contributed by atoms with Gasteiger partial charge in [-0.25, -0.2) is 0 Å². The second-order valence-electron chi connectivity index (χ2n) is 5.34. The van der Waals surface area contributed by atoms with Crippen molar-refractivity contribution in [3.8, 4) is 0 Å². The van der Waals surface area contributed by atoms with Crippen molar-refractivity contribution in [1.82, 2.24) is 15.2 Å². The van der Waals surface area contributed by atoms with E-state index in [0.717, 1.165) is 25.3 Å². The highest BCUT2D eigenvalue weighted by Gasteiger charge is 2.29. The molecule has 1 aliphatic rings. The molecule has 0 radical (unpaired) electrons. The summed E-state index contributed by atoms with van der Waals surface area (Å²) in [5.74, 6) is 1.58. The average molecular weight is 283 g/mol. The van der Waals surface area contributed by atoms with E-state index in [1.54, 1.807) is 6.20 Å². The highest BCUT2D eigenvalue weighted by Crippen LogP contribution is 2.36. The molecule has 1 atom stereocenters. The minimum absolute atomic E-state index is 0.358. The van der Waals surface area contributed by atoms with Gasteiger partial charge in [0.15, 0.2) is 5.82 Å². The number of anilines is 3. The quantitative estimate of drug-likeness (QED) is 0.863. The Balaban J connectivity index is 1.99. The van der Waals surface area contributed by atoms with Crippen LogP contribution in [0.2, 0.25) is 0 Å². The monoisotopic (exact) mass is 283 g/mol. The highest BCUT2D eigenvalue weighted by molar-refractivity contribution is 5.67. The Kier molecular flexibility index (Phi) is 3.73. The molecular formula is C16H21N5. The molecule has 0 saturated heterocycles. The second-order valence-corrected chi connectivity index (χ2v) is 5.34. The summed E-state index contributed by atoms with van der Waals surface area (Å²) in [6.45, 7) is 8.28. The molecule has 2 heterocycles. The Bertz CT molecular complexity index is 624. The Morgan fingerprint density at radius 1 is 1.24 bits per heavy atom. The maximum atomic E-state index is 4.72. The van der Waals surface area contributed by atoms with Gasteiger partial charge in [-0.05, 0) is 38.8 Å². The van der Waals surface area contributed by atoms with E-state index in [9.17, 15) is 0 Å². The van der Waals surface area contributed by atoms with Gasteiger partial charge in [0.2, 0.25) is 0 Å². The third-order valence-corrected chi connectivity index (χ3v) is 4.05. The lowest BCUT2D eigenvalue weighted by molar-refractivity contribution is 0.724. The highest BCUT2D eigenvalue weighted by atomic mass is 15.4. The van der Waals surface area contributed by atoms with Crippen molar-refractivity contribution in [2.24, 2.45) is 0 Å². The third-order valence-electron chi connectivity index (χ3n) is 4.05. The molecule has 3 rings (SSSR count). The van der Waals surface area contributed by atoms with E-state index in [-0.39, 0.29) is 0 Å². The predicted octanol–water partition coefficient (Wildman–Crippen LogP) is 2.80. The molecule has 2 aromatic rings. The second kappa shape index (κ2) is 5.68. The molecule has 110 valence electrons. The summed E-state index contributed by atoms with van der Waals surface area (Å²) in [5, 5.41) is 8.42. The van der Waals surface area contributed by atoms with Gasteiger partial charge in [0.1, 0.15) is 0 Å². The molecule has 1 aromatic carbocycles. The first kappa shape index (κ1) is 13.8. The summed E-state index contributed by atoms with van der Waals surface area (Å²) in [7, 11) is 0. The van der Waals surface area contributed by atoms with Crippen LogP contribution in [-0.2, 0) is 6.42 Å². The number of fused-ring (bicyclic) bond motifs is 1. The zero-order chi connectivity index (χ0) is 14.8. The van der Waals surface area contributed by atoms with Gasteiger partial charge < -0.3 is 9.80 Å². The number of rotatable bonds is 4. The van der Waals surface area contributed by atoms with Gasteiger partial charge in [0.25, 0.3) is 5.95 Å². The van der Waals surface area contributed by atoms with Gasteiger partial charge >= 0.3 is 0 Å². The smallest absolute Gasteiger partial charge is 0.252 e.